The van der Waals surface area contributed by atoms with E-state index in [4.69, 9.17) is 0 Å². The van der Waals surface area contributed by atoms with Crippen molar-refractivity contribution in [1.82, 2.24) is 5.32 Å². The van der Waals surface area contributed by atoms with Crippen molar-refractivity contribution in [2.75, 3.05) is 13.7 Å². The minimum absolute atomic E-state index is 0.0653. The van der Waals surface area contributed by atoms with E-state index in [1.54, 1.807) is 0 Å². The molecule has 0 aromatic heterocycles. The third kappa shape index (κ3) is 3.33. The molecule has 1 amide bonds. The maximum atomic E-state index is 11.9. The Morgan fingerprint density at radius 3 is 2.50 bits per heavy atom. The van der Waals surface area contributed by atoms with Crippen LogP contribution in [0.4, 0.5) is 0 Å². The van der Waals surface area contributed by atoms with Crippen molar-refractivity contribution in [3.05, 3.63) is 0 Å². The molecule has 4 nitrogen and oxygen atoms in total. The summed E-state index contributed by atoms with van der Waals surface area (Å²) in [5, 5.41) is 2.83. The molecule has 0 saturated heterocycles. The lowest BCUT2D eigenvalue weighted by Crippen LogP contribution is -2.41. The normalized spacial score (nSPS) is 20.2. The molecule has 0 aliphatic heterocycles. The summed E-state index contributed by atoms with van der Waals surface area (Å²) in [5.74, 6) is -0.229. The minimum atomic E-state index is -0.309. The van der Waals surface area contributed by atoms with E-state index in [-0.39, 0.29) is 21.2 Å². The highest BCUT2D eigenvalue weighted by Gasteiger charge is 2.36. The predicted molar refractivity (Wildman–Crippen MR) is 69.4 cm³/mol. The smallest absolute Gasteiger partial charge is 0.320 e. The SMILES string of the molecule is COC(=O)C(I)CNC(=O)C1(C)CCCC1. The number of amides is 1. The van der Waals surface area contributed by atoms with Crippen LogP contribution in [-0.2, 0) is 14.3 Å². The second kappa shape index (κ2) is 5.84. The van der Waals surface area contributed by atoms with Gasteiger partial charge in [-0.2, -0.15) is 0 Å². The molecule has 1 saturated carbocycles. The van der Waals surface area contributed by atoms with Crippen LogP contribution >= 0.6 is 22.6 Å². The van der Waals surface area contributed by atoms with E-state index < -0.39 is 0 Å². The van der Waals surface area contributed by atoms with Crippen LogP contribution in [0.5, 0.6) is 0 Å². The van der Waals surface area contributed by atoms with Gasteiger partial charge in [-0.3, -0.25) is 9.59 Å². The first-order chi connectivity index (χ1) is 7.49. The van der Waals surface area contributed by atoms with Gasteiger partial charge in [0.2, 0.25) is 5.91 Å². The van der Waals surface area contributed by atoms with Crippen LogP contribution in [-0.4, -0.2) is 29.5 Å². The first-order valence-electron chi connectivity index (χ1n) is 5.50. The van der Waals surface area contributed by atoms with Crippen LogP contribution in [0.3, 0.4) is 0 Å². The van der Waals surface area contributed by atoms with Crippen molar-refractivity contribution >= 4 is 34.5 Å². The summed E-state index contributed by atoms with van der Waals surface area (Å²) in [6.07, 6.45) is 4.13. The maximum Gasteiger partial charge on any atom is 0.320 e. The molecular weight excluding hydrogens is 321 g/mol. The second-order valence-corrected chi connectivity index (χ2v) is 5.97. The fourth-order valence-corrected chi connectivity index (χ4v) is 2.46. The first-order valence-corrected chi connectivity index (χ1v) is 6.74. The fraction of sp³-hybridized carbons (Fsp3) is 0.818. The summed E-state index contributed by atoms with van der Waals surface area (Å²) in [6, 6.07) is 0. The van der Waals surface area contributed by atoms with Crippen LogP contribution in [0.15, 0.2) is 0 Å². The number of ether oxygens (including phenoxy) is 1. The zero-order valence-electron chi connectivity index (χ0n) is 9.72. The average Bonchev–Trinajstić information content (AvgIpc) is 2.72. The van der Waals surface area contributed by atoms with Gasteiger partial charge in [-0.05, 0) is 12.8 Å². The molecule has 1 aliphatic carbocycles. The highest BCUT2D eigenvalue weighted by Crippen LogP contribution is 2.37. The molecule has 1 N–H and O–H groups in total. The minimum Gasteiger partial charge on any atom is -0.468 e. The average molecular weight is 339 g/mol. The van der Waals surface area contributed by atoms with E-state index in [1.807, 2.05) is 29.5 Å². The number of hydrogen-bond donors (Lipinski definition) is 1. The van der Waals surface area contributed by atoms with E-state index in [1.165, 1.54) is 7.11 Å². The molecule has 1 rings (SSSR count). The Bertz CT molecular complexity index is 274. The molecule has 0 aromatic rings. The lowest BCUT2D eigenvalue weighted by atomic mass is 9.88. The van der Waals surface area contributed by atoms with Gasteiger partial charge in [0.15, 0.2) is 0 Å². The topological polar surface area (TPSA) is 55.4 Å². The number of carbonyl (C=O) groups excluding carboxylic acids is 2. The van der Waals surface area contributed by atoms with Gasteiger partial charge in [0, 0.05) is 12.0 Å². The summed E-state index contributed by atoms with van der Waals surface area (Å²) >= 11 is 1.98. The van der Waals surface area contributed by atoms with Crippen molar-refractivity contribution < 1.29 is 14.3 Å². The first kappa shape index (κ1) is 13.7. The highest BCUT2D eigenvalue weighted by atomic mass is 127. The van der Waals surface area contributed by atoms with Crippen molar-refractivity contribution in [2.45, 2.75) is 36.5 Å². The van der Waals surface area contributed by atoms with Crippen LogP contribution in [0.2, 0.25) is 0 Å². The van der Waals surface area contributed by atoms with Crippen molar-refractivity contribution in [3.8, 4) is 0 Å². The molecule has 92 valence electrons. The van der Waals surface area contributed by atoms with Gasteiger partial charge in [-0.1, -0.05) is 42.4 Å². The quantitative estimate of drug-likeness (QED) is 0.482. The number of halogens is 1. The molecular formula is C11H18INO3. The van der Waals surface area contributed by atoms with Crippen LogP contribution < -0.4 is 5.32 Å². The zero-order valence-corrected chi connectivity index (χ0v) is 11.9. The number of alkyl halides is 1. The molecule has 0 radical (unpaired) electrons. The van der Waals surface area contributed by atoms with Gasteiger partial charge in [0.25, 0.3) is 0 Å². The van der Waals surface area contributed by atoms with Gasteiger partial charge < -0.3 is 10.1 Å². The fourth-order valence-electron chi connectivity index (χ4n) is 1.99. The molecule has 0 aromatic carbocycles. The van der Waals surface area contributed by atoms with Gasteiger partial charge in [0.05, 0.1) is 7.11 Å². The standard InChI is InChI=1S/C11H18INO3/c1-11(5-3-4-6-11)10(15)13-7-8(12)9(14)16-2/h8H,3-7H2,1-2H3,(H,13,15). The van der Waals surface area contributed by atoms with Crippen LogP contribution in [0, 0.1) is 5.41 Å². The lowest BCUT2D eigenvalue weighted by molar-refractivity contribution is -0.139. The molecule has 1 aliphatic rings. The Morgan fingerprint density at radius 2 is 2.00 bits per heavy atom. The number of carbonyl (C=O) groups is 2. The van der Waals surface area contributed by atoms with Gasteiger partial charge >= 0.3 is 5.97 Å². The van der Waals surface area contributed by atoms with E-state index in [9.17, 15) is 9.59 Å². The summed E-state index contributed by atoms with van der Waals surface area (Å²) < 4.78 is 4.29. The van der Waals surface area contributed by atoms with E-state index >= 15 is 0 Å². The van der Waals surface area contributed by atoms with Gasteiger partial charge in [-0.25, -0.2) is 0 Å². The summed E-state index contributed by atoms with van der Waals surface area (Å²) in [6.45, 7) is 2.34. The number of hydrogen-bond acceptors (Lipinski definition) is 3. The van der Waals surface area contributed by atoms with Crippen LogP contribution in [0.25, 0.3) is 0 Å². The Kier molecular flexibility index (Phi) is 5.01. The summed E-state index contributed by atoms with van der Waals surface area (Å²) in [7, 11) is 1.36. The van der Waals surface area contributed by atoms with Crippen molar-refractivity contribution in [1.29, 1.82) is 0 Å². The predicted octanol–water partition coefficient (Wildman–Crippen LogP) is 1.66. The number of rotatable bonds is 4. The lowest BCUT2D eigenvalue weighted by Gasteiger charge is -2.22. The van der Waals surface area contributed by atoms with E-state index in [0.717, 1.165) is 25.7 Å². The third-order valence-electron chi connectivity index (χ3n) is 3.15. The monoisotopic (exact) mass is 339 g/mol. The molecule has 1 atom stereocenters. The zero-order chi connectivity index (χ0) is 12.2. The Hall–Kier alpha value is -0.330. The van der Waals surface area contributed by atoms with E-state index in [2.05, 4.69) is 10.1 Å². The molecule has 0 bridgehead atoms. The number of nitrogens with one attached hydrogen (secondary N) is 1. The Balaban J connectivity index is 2.37. The molecule has 16 heavy (non-hydrogen) atoms. The van der Waals surface area contributed by atoms with Crippen molar-refractivity contribution in [3.63, 3.8) is 0 Å². The largest absolute Gasteiger partial charge is 0.468 e. The molecule has 1 unspecified atom stereocenters. The van der Waals surface area contributed by atoms with Gasteiger partial charge in [0.1, 0.15) is 3.92 Å². The summed E-state index contributed by atoms with van der Waals surface area (Å²) in [4.78, 5) is 23.1. The second-order valence-electron chi connectivity index (χ2n) is 4.47. The Morgan fingerprint density at radius 1 is 1.44 bits per heavy atom. The summed E-state index contributed by atoms with van der Waals surface area (Å²) in [5.41, 5.74) is -0.230. The molecule has 0 heterocycles. The number of methoxy groups -OCH3 is 1. The third-order valence-corrected chi connectivity index (χ3v) is 4.10. The molecule has 1 fully saturated rings. The van der Waals surface area contributed by atoms with Crippen LogP contribution in [0.1, 0.15) is 32.6 Å². The van der Waals surface area contributed by atoms with Gasteiger partial charge in [-0.15, -0.1) is 0 Å². The Labute approximate surface area is 110 Å². The van der Waals surface area contributed by atoms with E-state index in [0.29, 0.717) is 6.54 Å². The van der Waals surface area contributed by atoms with Crippen molar-refractivity contribution in [2.24, 2.45) is 5.41 Å². The molecule has 0 spiro atoms. The highest BCUT2D eigenvalue weighted by molar-refractivity contribution is 14.1. The maximum absolute atomic E-state index is 11.9. The molecule has 5 heteroatoms. The number of esters is 1.